The highest BCUT2D eigenvalue weighted by molar-refractivity contribution is 7.80. The van der Waals surface area contributed by atoms with Gasteiger partial charge in [-0.1, -0.05) is 41.4 Å². The molecule has 3 heterocycles. The van der Waals surface area contributed by atoms with Gasteiger partial charge in [0.25, 0.3) is 0 Å². The molecule has 1 aliphatic rings. The van der Waals surface area contributed by atoms with Crippen molar-refractivity contribution < 1.29 is 4.42 Å². The molecule has 0 radical (unpaired) electrons. The summed E-state index contributed by atoms with van der Waals surface area (Å²) in [6.45, 7) is 4.17. The second kappa shape index (κ2) is 8.82. The van der Waals surface area contributed by atoms with E-state index in [0.717, 1.165) is 22.7 Å². The number of rotatable bonds is 4. The van der Waals surface area contributed by atoms with Crippen molar-refractivity contribution in [2.45, 2.75) is 25.9 Å². The number of anilines is 1. The maximum absolute atomic E-state index is 6.46. The Kier molecular flexibility index (Phi) is 5.87. The average molecular weight is 494 g/mol. The Hall–Kier alpha value is -2.86. The summed E-state index contributed by atoms with van der Waals surface area (Å²) in [6.07, 6.45) is 1.79. The van der Waals surface area contributed by atoms with Crippen LogP contribution in [-0.2, 0) is 0 Å². The largest absolute Gasteiger partial charge is 0.459 e. The molecule has 5 rings (SSSR count). The highest BCUT2D eigenvalue weighted by atomic mass is 35.5. The van der Waals surface area contributed by atoms with E-state index in [1.807, 2.05) is 42.5 Å². The van der Waals surface area contributed by atoms with Crippen molar-refractivity contribution in [2.24, 2.45) is 0 Å². The summed E-state index contributed by atoms with van der Waals surface area (Å²) in [5.41, 5.74) is 4.97. The van der Waals surface area contributed by atoms with Crippen LogP contribution in [0.2, 0.25) is 10.0 Å². The number of hydrogen-bond acceptors (Lipinski definition) is 3. The lowest BCUT2D eigenvalue weighted by atomic mass is 10.0. The van der Waals surface area contributed by atoms with Gasteiger partial charge in [0.2, 0.25) is 0 Å². The Bertz CT molecular complexity index is 1320. The Morgan fingerprint density at radius 3 is 2.48 bits per heavy atom. The molecule has 4 aromatic rings. The fourth-order valence-electron chi connectivity index (χ4n) is 4.36. The molecule has 0 amide bonds. The number of halogens is 2. The quantitative estimate of drug-likeness (QED) is 0.299. The van der Waals surface area contributed by atoms with E-state index in [1.54, 1.807) is 12.3 Å². The van der Waals surface area contributed by atoms with Crippen molar-refractivity contribution in [1.29, 1.82) is 0 Å². The van der Waals surface area contributed by atoms with Crippen LogP contribution in [0, 0.1) is 13.8 Å². The first-order valence-corrected chi connectivity index (χ1v) is 11.7. The molecule has 7 heteroatoms. The number of hydrogen-bond donors (Lipinski definition) is 1. The van der Waals surface area contributed by atoms with Crippen molar-refractivity contribution in [2.75, 3.05) is 4.90 Å². The van der Waals surface area contributed by atoms with Crippen LogP contribution in [0.15, 0.2) is 77.3 Å². The minimum absolute atomic E-state index is 0.187. The third-order valence-electron chi connectivity index (χ3n) is 5.72. The minimum Gasteiger partial charge on any atom is -0.459 e. The van der Waals surface area contributed by atoms with Gasteiger partial charge in [0.15, 0.2) is 5.11 Å². The highest BCUT2D eigenvalue weighted by Crippen LogP contribution is 2.44. The van der Waals surface area contributed by atoms with Crippen molar-refractivity contribution in [1.82, 2.24) is 10.3 Å². The molecule has 0 spiro atoms. The second-order valence-electron chi connectivity index (χ2n) is 8.15. The first-order chi connectivity index (χ1) is 15.9. The highest BCUT2D eigenvalue weighted by Gasteiger charge is 2.42. The van der Waals surface area contributed by atoms with E-state index in [9.17, 15) is 0 Å². The molecule has 2 atom stereocenters. The van der Waals surface area contributed by atoms with E-state index >= 15 is 0 Å². The zero-order valence-corrected chi connectivity index (χ0v) is 20.4. The monoisotopic (exact) mass is 493 g/mol. The Morgan fingerprint density at radius 1 is 0.970 bits per heavy atom. The number of thiocarbonyl (C=S) groups is 1. The molecule has 166 valence electrons. The lowest BCUT2D eigenvalue weighted by Crippen LogP contribution is -2.29. The van der Waals surface area contributed by atoms with E-state index < -0.39 is 0 Å². The number of aromatic nitrogens is 1. The van der Waals surface area contributed by atoms with E-state index in [1.165, 1.54) is 11.1 Å². The molecule has 33 heavy (non-hydrogen) atoms. The summed E-state index contributed by atoms with van der Waals surface area (Å²) < 4.78 is 6.39. The normalized spacial score (nSPS) is 17.9. The van der Waals surface area contributed by atoms with Gasteiger partial charge < -0.3 is 14.6 Å². The molecule has 0 bridgehead atoms. The summed E-state index contributed by atoms with van der Waals surface area (Å²) in [5.74, 6) is 1.40. The molecule has 2 aromatic carbocycles. The van der Waals surface area contributed by atoms with Crippen LogP contribution in [0.4, 0.5) is 5.69 Å². The molecular weight excluding hydrogens is 473 g/mol. The average Bonchev–Trinajstić information content (AvgIpc) is 3.40. The molecule has 1 N–H and O–H groups in total. The van der Waals surface area contributed by atoms with E-state index in [2.05, 4.69) is 47.2 Å². The van der Waals surface area contributed by atoms with Gasteiger partial charge in [0.1, 0.15) is 17.6 Å². The number of benzene rings is 2. The fraction of sp³-hybridized carbons (Fsp3) is 0.154. The first-order valence-electron chi connectivity index (χ1n) is 10.6. The molecule has 1 aliphatic heterocycles. The molecule has 1 fully saturated rings. The van der Waals surface area contributed by atoms with Gasteiger partial charge in [-0.05, 0) is 85.7 Å². The first kappa shape index (κ1) is 22.0. The third kappa shape index (κ3) is 4.12. The lowest BCUT2D eigenvalue weighted by Gasteiger charge is -2.26. The topological polar surface area (TPSA) is 41.3 Å². The maximum Gasteiger partial charge on any atom is 0.174 e. The minimum atomic E-state index is -0.236. The summed E-state index contributed by atoms with van der Waals surface area (Å²) >= 11 is 18.5. The number of nitrogens with zero attached hydrogens (tertiary/aromatic N) is 2. The Labute approximate surface area is 208 Å². The van der Waals surface area contributed by atoms with Gasteiger partial charge in [-0.15, -0.1) is 0 Å². The van der Waals surface area contributed by atoms with E-state index in [-0.39, 0.29) is 12.1 Å². The smallest absolute Gasteiger partial charge is 0.174 e. The predicted octanol–water partition coefficient (Wildman–Crippen LogP) is 7.44. The molecule has 0 aliphatic carbocycles. The predicted molar refractivity (Wildman–Crippen MR) is 138 cm³/mol. The van der Waals surface area contributed by atoms with Crippen LogP contribution in [0.25, 0.3) is 11.3 Å². The lowest BCUT2D eigenvalue weighted by molar-refractivity contribution is 0.439. The Morgan fingerprint density at radius 2 is 1.76 bits per heavy atom. The van der Waals surface area contributed by atoms with Crippen molar-refractivity contribution in [3.05, 3.63) is 106 Å². The zero-order chi connectivity index (χ0) is 23.1. The van der Waals surface area contributed by atoms with Gasteiger partial charge in [0.05, 0.1) is 21.8 Å². The van der Waals surface area contributed by atoms with Gasteiger partial charge in [-0.2, -0.15) is 0 Å². The van der Waals surface area contributed by atoms with Crippen LogP contribution in [0.3, 0.4) is 0 Å². The van der Waals surface area contributed by atoms with Gasteiger partial charge >= 0.3 is 0 Å². The molecule has 0 unspecified atom stereocenters. The summed E-state index contributed by atoms with van der Waals surface area (Å²) in [5, 5.41) is 5.04. The summed E-state index contributed by atoms with van der Waals surface area (Å²) in [6, 6.07) is 21.3. The SMILES string of the molecule is Cc1cc(C)cc(N2C(=S)N[C@H](c3ccccn3)[C@@H]2c2ccc(-c3cccc(Cl)c3Cl)o2)c1. The number of furan rings is 1. The van der Waals surface area contributed by atoms with E-state index in [0.29, 0.717) is 20.9 Å². The van der Waals surface area contributed by atoms with Gasteiger partial charge in [0, 0.05) is 17.4 Å². The zero-order valence-electron chi connectivity index (χ0n) is 18.0. The molecular formula is C26H21Cl2N3OS. The van der Waals surface area contributed by atoms with Gasteiger partial charge in [-0.25, -0.2) is 0 Å². The van der Waals surface area contributed by atoms with Crippen LogP contribution in [0.1, 0.15) is 34.7 Å². The van der Waals surface area contributed by atoms with Crippen LogP contribution < -0.4 is 10.2 Å². The van der Waals surface area contributed by atoms with E-state index in [4.69, 9.17) is 39.8 Å². The number of pyridine rings is 1. The van der Waals surface area contributed by atoms with Gasteiger partial charge in [-0.3, -0.25) is 4.98 Å². The van der Waals surface area contributed by atoms with Crippen molar-refractivity contribution >= 4 is 46.2 Å². The van der Waals surface area contributed by atoms with Crippen LogP contribution in [-0.4, -0.2) is 10.1 Å². The van der Waals surface area contributed by atoms with Crippen molar-refractivity contribution in [3.63, 3.8) is 0 Å². The maximum atomic E-state index is 6.46. The van der Waals surface area contributed by atoms with Crippen LogP contribution >= 0.6 is 35.4 Å². The number of nitrogens with one attached hydrogen (secondary N) is 1. The fourth-order valence-corrected chi connectivity index (χ4v) is 5.10. The summed E-state index contributed by atoms with van der Waals surface area (Å²) in [7, 11) is 0. The molecule has 2 aromatic heterocycles. The third-order valence-corrected chi connectivity index (χ3v) is 6.85. The molecule has 4 nitrogen and oxygen atoms in total. The molecule has 1 saturated heterocycles. The standard InChI is InChI=1S/C26H21Cl2N3OS/c1-15-12-16(2)14-17(13-15)31-25(24(30-26(31)33)20-8-3-4-11-29-20)22-10-9-21(32-22)18-6-5-7-19(27)23(18)28/h3-14,24-25H,1-2H3,(H,30,33)/t24-,25+/m1/s1. The second-order valence-corrected chi connectivity index (χ2v) is 9.32. The molecule has 0 saturated carbocycles. The number of aryl methyl sites for hydroxylation is 2. The Balaban J connectivity index is 1.63. The van der Waals surface area contributed by atoms with Crippen molar-refractivity contribution in [3.8, 4) is 11.3 Å². The summed E-state index contributed by atoms with van der Waals surface area (Å²) in [4.78, 5) is 6.70. The van der Waals surface area contributed by atoms with Crippen LogP contribution in [0.5, 0.6) is 0 Å².